The second-order valence-corrected chi connectivity index (χ2v) is 9.40. The molecular weight excluding hydrogens is 458 g/mol. The first-order valence-corrected chi connectivity index (χ1v) is 11.7. The summed E-state index contributed by atoms with van der Waals surface area (Å²) in [6, 6.07) is 10.5. The Morgan fingerprint density at radius 1 is 1.12 bits per heavy atom. The predicted octanol–water partition coefficient (Wildman–Crippen LogP) is 3.02. The van der Waals surface area contributed by atoms with Crippen molar-refractivity contribution in [3.05, 3.63) is 48.0 Å². The van der Waals surface area contributed by atoms with Gasteiger partial charge in [0, 0.05) is 19.6 Å². The molecule has 1 saturated heterocycles. The molecule has 0 radical (unpaired) electrons. The lowest BCUT2D eigenvalue weighted by Gasteiger charge is -2.31. The first-order chi connectivity index (χ1) is 15.7. The number of nitrogens with zero attached hydrogens (tertiary/aromatic N) is 1. The number of sulfonamides is 1. The summed E-state index contributed by atoms with van der Waals surface area (Å²) < 4.78 is 66.8. The smallest absolute Gasteiger partial charge is 0.387 e. The van der Waals surface area contributed by atoms with Gasteiger partial charge in [0.2, 0.25) is 15.9 Å². The summed E-state index contributed by atoms with van der Waals surface area (Å²) in [7, 11) is -0.910. The van der Waals surface area contributed by atoms with Gasteiger partial charge in [-0.25, -0.2) is 8.42 Å². The van der Waals surface area contributed by atoms with Crippen molar-refractivity contribution in [2.45, 2.75) is 30.9 Å². The van der Waals surface area contributed by atoms with Crippen molar-refractivity contribution in [2.24, 2.45) is 5.92 Å². The number of halogens is 2. The first-order valence-electron chi connectivity index (χ1n) is 10.3. The third-order valence-electron chi connectivity index (χ3n) is 5.36. The number of benzene rings is 2. The molecule has 11 heteroatoms. The minimum Gasteiger partial charge on any atom is -0.497 e. The fourth-order valence-corrected chi connectivity index (χ4v) is 5.14. The highest BCUT2D eigenvalue weighted by molar-refractivity contribution is 7.89. The highest BCUT2D eigenvalue weighted by atomic mass is 32.2. The van der Waals surface area contributed by atoms with Gasteiger partial charge in [-0.15, -0.1) is 0 Å². The van der Waals surface area contributed by atoms with E-state index in [0.717, 1.165) is 0 Å². The van der Waals surface area contributed by atoms with Gasteiger partial charge in [0.05, 0.1) is 25.0 Å². The van der Waals surface area contributed by atoms with Crippen LogP contribution >= 0.6 is 0 Å². The van der Waals surface area contributed by atoms with E-state index in [-0.39, 0.29) is 35.4 Å². The molecule has 3 rings (SSSR count). The van der Waals surface area contributed by atoms with Gasteiger partial charge in [-0.2, -0.15) is 13.1 Å². The molecule has 1 atom stereocenters. The molecular formula is C22H26F2N2O6S. The van der Waals surface area contributed by atoms with Crippen LogP contribution in [0.5, 0.6) is 17.2 Å². The van der Waals surface area contributed by atoms with E-state index >= 15 is 0 Å². The SMILES string of the molecule is COc1ccc(S(=O)(=O)N2CCCC(C(=O)NCc3ccc(OC(F)F)c(OC)c3)C2)cc1. The van der Waals surface area contributed by atoms with Crippen LogP contribution in [0.4, 0.5) is 8.78 Å². The van der Waals surface area contributed by atoms with Crippen molar-refractivity contribution in [1.82, 2.24) is 9.62 Å². The molecule has 1 fully saturated rings. The van der Waals surface area contributed by atoms with Crippen LogP contribution in [0.25, 0.3) is 0 Å². The number of carbonyl (C=O) groups is 1. The maximum Gasteiger partial charge on any atom is 0.387 e. The van der Waals surface area contributed by atoms with Gasteiger partial charge in [0.1, 0.15) is 5.75 Å². The molecule has 2 aromatic carbocycles. The van der Waals surface area contributed by atoms with Gasteiger partial charge >= 0.3 is 6.61 Å². The summed E-state index contributed by atoms with van der Waals surface area (Å²) in [5.41, 5.74) is 0.625. The lowest BCUT2D eigenvalue weighted by atomic mass is 9.98. The van der Waals surface area contributed by atoms with Gasteiger partial charge in [-0.3, -0.25) is 4.79 Å². The molecule has 180 valence electrons. The molecule has 1 N–H and O–H groups in total. The Kier molecular flexibility index (Phi) is 8.09. The maximum absolute atomic E-state index is 13.0. The highest BCUT2D eigenvalue weighted by Gasteiger charge is 2.33. The number of ether oxygens (including phenoxy) is 3. The molecule has 2 aromatic rings. The standard InChI is InChI=1S/C22H26F2N2O6S/c1-30-17-6-8-18(9-7-17)33(28,29)26-11-3-4-16(14-26)21(27)25-13-15-5-10-19(32-22(23)24)20(12-15)31-2/h5-10,12,16,22H,3-4,11,13-14H2,1-2H3,(H,25,27). The van der Waals surface area contributed by atoms with E-state index in [9.17, 15) is 22.0 Å². The highest BCUT2D eigenvalue weighted by Crippen LogP contribution is 2.30. The molecule has 1 unspecified atom stereocenters. The number of hydrogen-bond acceptors (Lipinski definition) is 6. The Morgan fingerprint density at radius 3 is 2.48 bits per heavy atom. The van der Waals surface area contributed by atoms with Gasteiger partial charge in [0.25, 0.3) is 0 Å². The fraction of sp³-hybridized carbons (Fsp3) is 0.409. The van der Waals surface area contributed by atoms with Crippen molar-refractivity contribution in [1.29, 1.82) is 0 Å². The van der Waals surface area contributed by atoms with Crippen molar-refractivity contribution >= 4 is 15.9 Å². The van der Waals surface area contributed by atoms with E-state index < -0.39 is 22.6 Å². The maximum atomic E-state index is 13.0. The molecule has 0 spiro atoms. The zero-order chi connectivity index (χ0) is 24.0. The Balaban J connectivity index is 1.62. The first kappa shape index (κ1) is 24.7. The summed E-state index contributed by atoms with van der Waals surface area (Å²) >= 11 is 0. The number of alkyl halides is 2. The number of nitrogens with one attached hydrogen (secondary N) is 1. The average Bonchev–Trinajstić information content (AvgIpc) is 2.83. The van der Waals surface area contributed by atoms with Gasteiger partial charge in [0.15, 0.2) is 11.5 Å². The van der Waals surface area contributed by atoms with E-state index in [2.05, 4.69) is 10.1 Å². The van der Waals surface area contributed by atoms with E-state index in [4.69, 9.17) is 9.47 Å². The van der Waals surface area contributed by atoms with Crippen molar-refractivity contribution in [2.75, 3.05) is 27.3 Å². The summed E-state index contributed by atoms with van der Waals surface area (Å²) in [5, 5.41) is 2.79. The molecule has 1 aliphatic rings. The van der Waals surface area contributed by atoms with E-state index in [0.29, 0.717) is 30.7 Å². The number of rotatable bonds is 9. The molecule has 8 nitrogen and oxygen atoms in total. The van der Waals surface area contributed by atoms with Gasteiger partial charge < -0.3 is 19.5 Å². The Hall–Kier alpha value is -2.92. The second-order valence-electron chi connectivity index (χ2n) is 7.46. The lowest BCUT2D eigenvalue weighted by molar-refractivity contribution is -0.126. The molecule has 1 heterocycles. The number of piperidine rings is 1. The predicted molar refractivity (Wildman–Crippen MR) is 116 cm³/mol. The topological polar surface area (TPSA) is 94.2 Å². The van der Waals surface area contributed by atoms with Crippen molar-refractivity contribution in [3.8, 4) is 17.2 Å². The summed E-state index contributed by atoms with van der Waals surface area (Å²) in [4.78, 5) is 12.9. The number of amides is 1. The number of carbonyl (C=O) groups excluding carboxylic acids is 1. The molecule has 33 heavy (non-hydrogen) atoms. The summed E-state index contributed by atoms with van der Waals surface area (Å²) in [5.74, 6) is -0.215. The monoisotopic (exact) mass is 484 g/mol. The van der Waals surface area contributed by atoms with E-state index in [1.54, 1.807) is 18.2 Å². The van der Waals surface area contributed by atoms with Crippen LogP contribution in [0, 0.1) is 5.92 Å². The Morgan fingerprint density at radius 2 is 1.85 bits per heavy atom. The minimum atomic E-state index is -3.74. The van der Waals surface area contributed by atoms with Crippen LogP contribution in [0.1, 0.15) is 18.4 Å². The molecule has 0 saturated carbocycles. The average molecular weight is 485 g/mol. The molecule has 1 amide bonds. The Bertz CT molecular complexity index is 1060. The molecule has 0 aliphatic carbocycles. The van der Waals surface area contributed by atoms with Crippen LogP contribution < -0.4 is 19.5 Å². The van der Waals surface area contributed by atoms with Gasteiger partial charge in [-0.1, -0.05) is 6.07 Å². The van der Waals surface area contributed by atoms with Crippen LogP contribution in [0.2, 0.25) is 0 Å². The normalized spacial score (nSPS) is 16.9. The fourth-order valence-electron chi connectivity index (χ4n) is 3.62. The molecule has 1 aliphatic heterocycles. The third kappa shape index (κ3) is 6.11. The zero-order valence-corrected chi connectivity index (χ0v) is 19.1. The van der Waals surface area contributed by atoms with Crippen LogP contribution in [-0.2, 0) is 21.4 Å². The van der Waals surface area contributed by atoms with E-state index in [1.165, 1.54) is 42.8 Å². The van der Waals surface area contributed by atoms with E-state index in [1.807, 2.05) is 0 Å². The summed E-state index contributed by atoms with van der Waals surface area (Å²) in [6.07, 6.45) is 1.12. The minimum absolute atomic E-state index is 0.0741. The van der Waals surface area contributed by atoms with Crippen LogP contribution in [-0.4, -0.2) is 52.6 Å². The van der Waals surface area contributed by atoms with Crippen molar-refractivity contribution < 1.29 is 36.2 Å². The van der Waals surface area contributed by atoms with Crippen LogP contribution in [0.15, 0.2) is 47.4 Å². The second kappa shape index (κ2) is 10.8. The van der Waals surface area contributed by atoms with Crippen molar-refractivity contribution in [3.63, 3.8) is 0 Å². The Labute approximate surface area is 191 Å². The quantitative estimate of drug-likeness (QED) is 0.588. The molecule has 0 aromatic heterocycles. The van der Waals surface area contributed by atoms with Gasteiger partial charge in [-0.05, 0) is 54.8 Å². The summed E-state index contributed by atoms with van der Waals surface area (Å²) in [6.45, 7) is -2.44. The van der Waals surface area contributed by atoms with Crippen LogP contribution in [0.3, 0.4) is 0 Å². The lowest BCUT2D eigenvalue weighted by Crippen LogP contribution is -2.45. The number of methoxy groups -OCH3 is 2. The zero-order valence-electron chi connectivity index (χ0n) is 18.3. The number of hydrogen-bond donors (Lipinski definition) is 1. The largest absolute Gasteiger partial charge is 0.497 e. The third-order valence-corrected chi connectivity index (χ3v) is 7.24. The molecule has 0 bridgehead atoms.